The number of rotatable bonds is 3. The maximum Gasteiger partial charge on any atom is 0.354 e. The third-order valence-corrected chi connectivity index (χ3v) is 3.38. The van der Waals surface area contributed by atoms with Gasteiger partial charge in [0.25, 0.3) is 0 Å². The van der Waals surface area contributed by atoms with Crippen LogP contribution in [-0.4, -0.2) is 51.0 Å². The molecule has 1 amide bonds. The Kier molecular flexibility index (Phi) is 4.39. The Balaban J connectivity index is 2.01. The highest BCUT2D eigenvalue weighted by Gasteiger charge is 2.21. The molecule has 0 unspecified atom stereocenters. The minimum absolute atomic E-state index is 0.0710. The number of hydrogen-bond acceptors (Lipinski definition) is 5. The number of amides is 1. The number of likely N-dealkylation sites (tertiary alicyclic amines) is 1. The van der Waals surface area contributed by atoms with Crippen LogP contribution >= 0.6 is 11.6 Å². The van der Waals surface area contributed by atoms with E-state index in [1.807, 2.05) is 0 Å². The Morgan fingerprint density at radius 1 is 1.40 bits per heavy atom. The number of aromatic nitrogens is 2. The van der Waals surface area contributed by atoms with Gasteiger partial charge in [0.15, 0.2) is 5.69 Å². The lowest BCUT2D eigenvalue weighted by molar-refractivity contribution is -0.129. The largest absolute Gasteiger partial charge is 0.477 e. The van der Waals surface area contributed by atoms with E-state index in [0.29, 0.717) is 18.9 Å². The molecule has 0 radical (unpaired) electrons. The molecule has 1 saturated heterocycles. The van der Waals surface area contributed by atoms with Gasteiger partial charge in [-0.1, -0.05) is 0 Å². The highest BCUT2D eigenvalue weighted by atomic mass is 35.5. The number of hydrogen-bond donors (Lipinski definition) is 2. The van der Waals surface area contributed by atoms with Gasteiger partial charge in [0.05, 0.1) is 0 Å². The van der Waals surface area contributed by atoms with E-state index < -0.39 is 5.97 Å². The molecule has 1 aromatic rings. The number of piperidine rings is 1. The molecule has 20 heavy (non-hydrogen) atoms. The minimum atomic E-state index is -1.15. The van der Waals surface area contributed by atoms with Gasteiger partial charge in [-0.05, 0) is 24.4 Å². The lowest BCUT2D eigenvalue weighted by Crippen LogP contribution is -2.41. The molecule has 108 valence electrons. The molecule has 2 rings (SSSR count). The molecule has 1 aliphatic rings. The normalized spacial score (nSPS) is 16.0. The van der Waals surface area contributed by atoms with E-state index in [9.17, 15) is 9.59 Å². The molecular formula is C12H15ClN4O3. The van der Waals surface area contributed by atoms with E-state index in [4.69, 9.17) is 16.7 Å². The van der Waals surface area contributed by atoms with Gasteiger partial charge in [0.1, 0.15) is 5.82 Å². The van der Waals surface area contributed by atoms with Gasteiger partial charge in [0, 0.05) is 32.1 Å². The van der Waals surface area contributed by atoms with Gasteiger partial charge in [-0.2, -0.15) is 0 Å². The summed E-state index contributed by atoms with van der Waals surface area (Å²) in [5.74, 6) is -0.686. The summed E-state index contributed by atoms with van der Waals surface area (Å²) >= 11 is 5.70. The van der Waals surface area contributed by atoms with Gasteiger partial charge in [-0.3, -0.25) is 4.79 Å². The van der Waals surface area contributed by atoms with Crippen LogP contribution in [0.3, 0.4) is 0 Å². The molecule has 1 aromatic heterocycles. The van der Waals surface area contributed by atoms with Crippen molar-refractivity contribution in [2.24, 2.45) is 0 Å². The quantitative estimate of drug-likeness (QED) is 0.816. The van der Waals surface area contributed by atoms with Crippen molar-refractivity contribution in [3.05, 3.63) is 17.0 Å². The zero-order chi connectivity index (χ0) is 14.7. The molecule has 2 heterocycles. The summed E-state index contributed by atoms with van der Waals surface area (Å²) in [6, 6.07) is 1.49. The second-order valence-corrected chi connectivity index (χ2v) is 4.98. The first-order valence-electron chi connectivity index (χ1n) is 6.25. The molecule has 0 spiro atoms. The lowest BCUT2D eigenvalue weighted by Gasteiger charge is -2.31. The number of carboxylic acid groups (broad SMARTS) is 1. The van der Waals surface area contributed by atoms with E-state index in [1.54, 1.807) is 11.8 Å². The smallest absolute Gasteiger partial charge is 0.354 e. The molecule has 1 aliphatic heterocycles. The molecule has 1 fully saturated rings. The minimum Gasteiger partial charge on any atom is -0.477 e. The highest BCUT2D eigenvalue weighted by molar-refractivity contribution is 6.28. The van der Waals surface area contributed by atoms with Crippen LogP contribution in [0.25, 0.3) is 0 Å². The van der Waals surface area contributed by atoms with Crippen molar-refractivity contribution in [3.8, 4) is 0 Å². The summed E-state index contributed by atoms with van der Waals surface area (Å²) in [6.45, 7) is 2.91. The van der Waals surface area contributed by atoms with Crippen LogP contribution in [0.2, 0.25) is 5.28 Å². The average molecular weight is 299 g/mol. The maximum absolute atomic E-state index is 11.2. The molecular weight excluding hydrogens is 284 g/mol. The molecule has 0 bridgehead atoms. The number of halogens is 1. The fourth-order valence-corrected chi connectivity index (χ4v) is 2.33. The van der Waals surface area contributed by atoms with Crippen LogP contribution in [0.4, 0.5) is 5.82 Å². The second kappa shape index (κ2) is 6.04. The van der Waals surface area contributed by atoms with Crippen LogP contribution in [-0.2, 0) is 4.79 Å². The molecule has 0 aromatic carbocycles. The number of nitrogens with one attached hydrogen (secondary N) is 1. The van der Waals surface area contributed by atoms with Crippen LogP contribution in [0, 0.1) is 0 Å². The van der Waals surface area contributed by atoms with Crippen LogP contribution in [0.5, 0.6) is 0 Å². The van der Waals surface area contributed by atoms with Gasteiger partial charge in [-0.25, -0.2) is 14.8 Å². The Hall–Kier alpha value is -1.89. The predicted molar refractivity (Wildman–Crippen MR) is 72.9 cm³/mol. The highest BCUT2D eigenvalue weighted by Crippen LogP contribution is 2.17. The van der Waals surface area contributed by atoms with E-state index in [1.165, 1.54) is 6.07 Å². The van der Waals surface area contributed by atoms with Crippen molar-refractivity contribution in [1.29, 1.82) is 0 Å². The molecule has 0 aliphatic carbocycles. The Morgan fingerprint density at radius 2 is 2.05 bits per heavy atom. The summed E-state index contributed by atoms with van der Waals surface area (Å²) in [7, 11) is 0. The van der Waals surface area contributed by atoms with Crippen molar-refractivity contribution in [2.75, 3.05) is 18.4 Å². The molecule has 8 heteroatoms. The van der Waals surface area contributed by atoms with Crippen LogP contribution in [0.15, 0.2) is 6.07 Å². The zero-order valence-corrected chi connectivity index (χ0v) is 11.7. The molecule has 2 N–H and O–H groups in total. The first-order valence-corrected chi connectivity index (χ1v) is 6.63. The predicted octanol–water partition coefficient (Wildman–Crippen LogP) is 1.25. The molecule has 0 atom stereocenters. The first kappa shape index (κ1) is 14.5. The third-order valence-electron chi connectivity index (χ3n) is 3.21. The Bertz CT molecular complexity index is 529. The number of anilines is 1. The van der Waals surface area contributed by atoms with Crippen LogP contribution in [0.1, 0.15) is 30.3 Å². The summed E-state index contributed by atoms with van der Waals surface area (Å²) < 4.78 is 0. The fraction of sp³-hybridized carbons (Fsp3) is 0.500. The van der Waals surface area contributed by atoms with Gasteiger partial charge >= 0.3 is 5.97 Å². The van der Waals surface area contributed by atoms with Gasteiger partial charge < -0.3 is 15.3 Å². The number of carboxylic acids is 1. The zero-order valence-electron chi connectivity index (χ0n) is 11.0. The SMILES string of the molecule is CC(=O)N1CCC(Nc2cc(C(=O)O)nc(Cl)n2)CC1. The van der Waals surface area contributed by atoms with Crippen molar-refractivity contribution in [2.45, 2.75) is 25.8 Å². The van der Waals surface area contributed by atoms with Crippen molar-refractivity contribution < 1.29 is 14.7 Å². The maximum atomic E-state index is 11.2. The van der Waals surface area contributed by atoms with E-state index in [0.717, 1.165) is 12.8 Å². The number of nitrogens with zero attached hydrogens (tertiary/aromatic N) is 3. The summed E-state index contributed by atoms with van der Waals surface area (Å²) in [6.07, 6.45) is 1.56. The topological polar surface area (TPSA) is 95.4 Å². The van der Waals surface area contributed by atoms with E-state index >= 15 is 0 Å². The summed E-state index contributed by atoms with van der Waals surface area (Å²) in [4.78, 5) is 31.5. The van der Waals surface area contributed by atoms with Gasteiger partial charge in [0.2, 0.25) is 11.2 Å². The summed E-state index contributed by atoms with van der Waals surface area (Å²) in [5.41, 5.74) is -0.145. The van der Waals surface area contributed by atoms with Crippen molar-refractivity contribution in [1.82, 2.24) is 14.9 Å². The van der Waals surface area contributed by atoms with Crippen LogP contribution < -0.4 is 5.32 Å². The Morgan fingerprint density at radius 3 is 2.60 bits per heavy atom. The standard InChI is InChI=1S/C12H15ClN4O3/c1-7(18)17-4-2-8(3-5-17)14-10-6-9(11(19)20)15-12(13)16-10/h6,8H,2-5H2,1H3,(H,19,20)(H,14,15,16). The average Bonchev–Trinajstić information content (AvgIpc) is 2.38. The third kappa shape index (κ3) is 3.57. The number of carbonyl (C=O) groups is 2. The first-order chi connectivity index (χ1) is 9.45. The number of aromatic carboxylic acids is 1. The fourth-order valence-electron chi connectivity index (χ4n) is 2.15. The summed E-state index contributed by atoms with van der Waals surface area (Å²) in [5, 5.41) is 12.0. The van der Waals surface area contributed by atoms with Crippen molar-refractivity contribution in [3.63, 3.8) is 0 Å². The Labute approximate surface area is 121 Å². The van der Waals surface area contributed by atoms with Gasteiger partial charge in [-0.15, -0.1) is 0 Å². The molecule has 7 nitrogen and oxygen atoms in total. The van der Waals surface area contributed by atoms with E-state index in [2.05, 4.69) is 15.3 Å². The number of carbonyl (C=O) groups excluding carboxylic acids is 1. The van der Waals surface area contributed by atoms with E-state index in [-0.39, 0.29) is 22.9 Å². The molecule has 0 saturated carbocycles. The lowest BCUT2D eigenvalue weighted by atomic mass is 10.1. The monoisotopic (exact) mass is 298 g/mol. The second-order valence-electron chi connectivity index (χ2n) is 4.64. The van der Waals surface area contributed by atoms with Crippen molar-refractivity contribution >= 4 is 29.3 Å².